The van der Waals surface area contributed by atoms with Gasteiger partial charge in [0.15, 0.2) is 11.5 Å². The van der Waals surface area contributed by atoms with Crippen molar-refractivity contribution >= 4 is 5.91 Å². The molecule has 0 saturated heterocycles. The van der Waals surface area contributed by atoms with E-state index >= 15 is 0 Å². The summed E-state index contributed by atoms with van der Waals surface area (Å²) in [4.78, 5) is 13.1. The first-order chi connectivity index (χ1) is 13.7. The normalized spacial score (nSPS) is 14.8. The van der Waals surface area contributed by atoms with Crippen molar-refractivity contribution in [1.82, 2.24) is 5.32 Å². The minimum Gasteiger partial charge on any atom is -0.496 e. The highest BCUT2D eigenvalue weighted by molar-refractivity contribution is 5.91. The van der Waals surface area contributed by atoms with Crippen molar-refractivity contribution in [2.24, 2.45) is 0 Å². The van der Waals surface area contributed by atoms with E-state index in [1.54, 1.807) is 27.4 Å². The third kappa shape index (κ3) is 4.19. The van der Waals surface area contributed by atoms with Crippen molar-refractivity contribution in [2.45, 2.75) is 51.0 Å². The Balaban J connectivity index is 1.75. The van der Waals surface area contributed by atoms with Gasteiger partial charge in [-0.25, -0.2) is 0 Å². The summed E-state index contributed by atoms with van der Waals surface area (Å²) in [5, 5.41) is 3.09. The van der Waals surface area contributed by atoms with Crippen molar-refractivity contribution in [1.29, 1.82) is 0 Å². The van der Waals surface area contributed by atoms with E-state index in [0.717, 1.165) is 24.0 Å². The lowest BCUT2D eigenvalue weighted by atomic mass is 9.85. The highest BCUT2D eigenvalue weighted by atomic mass is 16.5. The van der Waals surface area contributed by atoms with Gasteiger partial charge < -0.3 is 19.5 Å². The van der Waals surface area contributed by atoms with Crippen molar-refractivity contribution in [3.8, 4) is 17.2 Å². The van der Waals surface area contributed by atoms with E-state index in [-0.39, 0.29) is 11.3 Å². The number of ether oxygens (including phenoxy) is 3. The minimum atomic E-state index is -0.416. The first-order valence-corrected chi connectivity index (χ1v) is 9.93. The number of rotatable bonds is 7. The number of benzene rings is 2. The molecule has 2 aromatic rings. The zero-order valence-electron chi connectivity index (χ0n) is 18.2. The van der Waals surface area contributed by atoms with E-state index in [9.17, 15) is 4.79 Å². The summed E-state index contributed by atoms with van der Waals surface area (Å²) in [5.74, 6) is 1.91. The molecule has 3 rings (SSSR count). The Hall–Kier alpha value is -2.69. The van der Waals surface area contributed by atoms with Crippen LogP contribution in [0.5, 0.6) is 17.2 Å². The molecule has 1 saturated carbocycles. The van der Waals surface area contributed by atoms with Crippen LogP contribution in [-0.4, -0.2) is 27.2 Å². The molecule has 0 bridgehead atoms. The highest BCUT2D eigenvalue weighted by Crippen LogP contribution is 2.48. The van der Waals surface area contributed by atoms with Gasteiger partial charge in [0.1, 0.15) is 5.75 Å². The molecule has 0 spiro atoms. The fourth-order valence-corrected chi connectivity index (χ4v) is 3.64. The fraction of sp³-hybridized carbons (Fsp3) is 0.458. The van der Waals surface area contributed by atoms with Crippen LogP contribution < -0.4 is 19.5 Å². The predicted molar refractivity (Wildman–Crippen MR) is 114 cm³/mol. The quantitative estimate of drug-likeness (QED) is 0.754. The zero-order valence-corrected chi connectivity index (χ0v) is 18.2. The molecular formula is C24H31NO4. The van der Waals surface area contributed by atoms with Crippen LogP contribution in [0.3, 0.4) is 0 Å². The average Bonchev–Trinajstić information content (AvgIpc) is 3.52. The van der Waals surface area contributed by atoms with Gasteiger partial charge in [-0.15, -0.1) is 0 Å². The number of nitrogens with one attached hydrogen (secondary N) is 1. The van der Waals surface area contributed by atoms with Gasteiger partial charge in [-0.2, -0.15) is 0 Å². The summed E-state index contributed by atoms with van der Waals surface area (Å²) < 4.78 is 16.2. The summed E-state index contributed by atoms with van der Waals surface area (Å²) in [6.07, 6.45) is 1.74. The van der Waals surface area contributed by atoms with Gasteiger partial charge in [-0.1, -0.05) is 45.0 Å². The molecule has 5 nitrogen and oxygen atoms in total. The second kappa shape index (κ2) is 7.97. The third-order valence-electron chi connectivity index (χ3n) is 5.71. The largest absolute Gasteiger partial charge is 0.496 e. The van der Waals surface area contributed by atoms with Gasteiger partial charge in [-0.3, -0.25) is 4.79 Å². The van der Waals surface area contributed by atoms with E-state index in [2.05, 4.69) is 50.4 Å². The first-order valence-electron chi connectivity index (χ1n) is 9.93. The fourth-order valence-electron chi connectivity index (χ4n) is 3.64. The Morgan fingerprint density at radius 3 is 1.97 bits per heavy atom. The van der Waals surface area contributed by atoms with Crippen LogP contribution in [0.15, 0.2) is 36.4 Å². The van der Waals surface area contributed by atoms with Gasteiger partial charge in [0.2, 0.25) is 5.91 Å². The molecule has 0 radical (unpaired) electrons. The van der Waals surface area contributed by atoms with Crippen LogP contribution in [0.4, 0.5) is 0 Å². The molecule has 1 fully saturated rings. The van der Waals surface area contributed by atoms with Gasteiger partial charge in [-0.05, 0) is 35.4 Å². The minimum absolute atomic E-state index is 0.0536. The average molecular weight is 398 g/mol. The molecule has 2 aromatic carbocycles. The third-order valence-corrected chi connectivity index (χ3v) is 5.71. The van der Waals surface area contributed by atoms with E-state index in [0.29, 0.717) is 23.8 Å². The van der Waals surface area contributed by atoms with Crippen molar-refractivity contribution in [2.75, 3.05) is 21.3 Å². The molecule has 5 heteroatoms. The number of carbonyl (C=O) groups is 1. The molecule has 0 aliphatic heterocycles. The molecular weight excluding hydrogens is 366 g/mol. The number of hydrogen-bond acceptors (Lipinski definition) is 4. The van der Waals surface area contributed by atoms with Gasteiger partial charge >= 0.3 is 0 Å². The Morgan fingerprint density at radius 2 is 1.48 bits per heavy atom. The SMILES string of the molecule is COc1cc(OC)c(OC)cc1CNC(=O)C1(c2ccc(C(C)(C)C)cc2)CC1. The van der Waals surface area contributed by atoms with E-state index < -0.39 is 5.41 Å². The second-order valence-electron chi connectivity index (χ2n) is 8.61. The molecule has 29 heavy (non-hydrogen) atoms. The van der Waals surface area contributed by atoms with Crippen LogP contribution in [0.2, 0.25) is 0 Å². The molecule has 156 valence electrons. The second-order valence-corrected chi connectivity index (χ2v) is 8.61. The highest BCUT2D eigenvalue weighted by Gasteiger charge is 2.51. The van der Waals surface area contributed by atoms with Crippen LogP contribution in [0, 0.1) is 0 Å². The van der Waals surface area contributed by atoms with Crippen molar-refractivity contribution in [3.05, 3.63) is 53.1 Å². The molecule has 0 unspecified atom stereocenters. The van der Waals surface area contributed by atoms with Crippen molar-refractivity contribution < 1.29 is 19.0 Å². The summed E-state index contributed by atoms with van der Waals surface area (Å²) in [5.41, 5.74) is 2.88. The monoisotopic (exact) mass is 397 g/mol. The summed E-state index contributed by atoms with van der Waals surface area (Å²) in [6, 6.07) is 12.1. The maximum atomic E-state index is 13.1. The zero-order chi connectivity index (χ0) is 21.2. The van der Waals surface area contributed by atoms with Crippen LogP contribution >= 0.6 is 0 Å². The smallest absolute Gasteiger partial charge is 0.230 e. The summed E-state index contributed by atoms with van der Waals surface area (Å²) in [7, 11) is 4.78. The topological polar surface area (TPSA) is 56.8 Å². The van der Waals surface area contributed by atoms with Gasteiger partial charge in [0.25, 0.3) is 0 Å². The number of methoxy groups -OCH3 is 3. The van der Waals surface area contributed by atoms with E-state index in [1.807, 2.05) is 6.07 Å². The van der Waals surface area contributed by atoms with E-state index in [1.165, 1.54) is 5.56 Å². The van der Waals surface area contributed by atoms with Crippen LogP contribution in [-0.2, 0) is 22.2 Å². The van der Waals surface area contributed by atoms with Crippen LogP contribution in [0.25, 0.3) is 0 Å². The lowest BCUT2D eigenvalue weighted by Gasteiger charge is -2.21. The first kappa shape index (κ1) is 21.0. The van der Waals surface area contributed by atoms with E-state index in [4.69, 9.17) is 14.2 Å². The Morgan fingerprint density at radius 1 is 0.931 bits per heavy atom. The Bertz CT molecular complexity index is 877. The number of hydrogen-bond donors (Lipinski definition) is 1. The maximum absolute atomic E-state index is 13.1. The molecule has 0 atom stereocenters. The number of amides is 1. The molecule has 0 aromatic heterocycles. The molecule has 1 N–H and O–H groups in total. The van der Waals surface area contributed by atoms with Crippen molar-refractivity contribution in [3.63, 3.8) is 0 Å². The van der Waals surface area contributed by atoms with Gasteiger partial charge in [0, 0.05) is 18.2 Å². The Labute approximate surface area is 173 Å². The molecule has 1 aliphatic carbocycles. The maximum Gasteiger partial charge on any atom is 0.230 e. The molecule has 0 heterocycles. The summed E-state index contributed by atoms with van der Waals surface area (Å²) >= 11 is 0. The molecule has 1 amide bonds. The molecule has 1 aliphatic rings. The van der Waals surface area contributed by atoms with Crippen LogP contribution in [0.1, 0.15) is 50.3 Å². The standard InChI is InChI=1S/C24H31NO4/c1-23(2,3)17-7-9-18(10-8-17)24(11-12-24)22(26)25-15-16-13-20(28-5)21(29-6)14-19(16)27-4/h7-10,13-14H,11-12,15H2,1-6H3,(H,25,26). The Kier molecular flexibility index (Phi) is 5.78. The van der Waals surface area contributed by atoms with Gasteiger partial charge in [0.05, 0.1) is 26.7 Å². The lowest BCUT2D eigenvalue weighted by molar-refractivity contribution is -0.123. The lowest BCUT2D eigenvalue weighted by Crippen LogP contribution is -2.34. The number of carbonyl (C=O) groups excluding carboxylic acids is 1. The summed E-state index contributed by atoms with van der Waals surface area (Å²) in [6.45, 7) is 6.94. The predicted octanol–water partition coefficient (Wildman–Crippen LogP) is 4.36.